The second kappa shape index (κ2) is 9.29. The SMILES string of the molecule is CC(COc1cc(CN)c2c(c1)B(O)OC2)(NC(=O)c1ccc(OC(F)(F)F)cc1)C(N)=O. The van der Waals surface area contributed by atoms with Crippen molar-refractivity contribution in [1.82, 2.24) is 5.32 Å². The maximum Gasteiger partial charge on any atom is 0.573 e. The minimum absolute atomic E-state index is 0.0276. The van der Waals surface area contributed by atoms with Crippen molar-refractivity contribution < 1.29 is 41.9 Å². The Hall–Kier alpha value is -3.29. The minimum Gasteiger partial charge on any atom is -0.491 e. The zero-order valence-electron chi connectivity index (χ0n) is 17.4. The number of alkyl halides is 3. The number of primary amides is 1. The third-order valence-corrected chi connectivity index (χ3v) is 5.03. The van der Waals surface area contributed by atoms with E-state index in [0.717, 1.165) is 29.8 Å². The first-order valence-corrected chi connectivity index (χ1v) is 9.68. The molecular weight excluding hydrogens is 446 g/mol. The molecule has 1 heterocycles. The van der Waals surface area contributed by atoms with Crippen molar-refractivity contribution in [3.63, 3.8) is 0 Å². The summed E-state index contributed by atoms with van der Waals surface area (Å²) in [6.07, 6.45) is -4.87. The molecule has 2 amide bonds. The number of carbonyl (C=O) groups excluding carboxylic acids is 2. The Bertz CT molecular complexity index is 1050. The Balaban J connectivity index is 1.72. The Morgan fingerprint density at radius 2 is 1.88 bits per heavy atom. The molecule has 0 radical (unpaired) electrons. The number of ether oxygens (including phenoxy) is 2. The lowest BCUT2D eigenvalue weighted by Crippen LogP contribution is -2.59. The molecule has 0 spiro atoms. The van der Waals surface area contributed by atoms with Gasteiger partial charge in [-0.3, -0.25) is 9.59 Å². The number of nitrogens with one attached hydrogen (secondary N) is 1. The van der Waals surface area contributed by atoms with Crippen LogP contribution in [0.3, 0.4) is 0 Å². The summed E-state index contributed by atoms with van der Waals surface area (Å²) in [7, 11) is -1.14. The fourth-order valence-electron chi connectivity index (χ4n) is 3.17. The van der Waals surface area contributed by atoms with Crippen LogP contribution in [0.5, 0.6) is 11.5 Å². The van der Waals surface area contributed by atoms with Gasteiger partial charge in [0.15, 0.2) is 5.54 Å². The number of hydrogen-bond acceptors (Lipinski definition) is 7. The summed E-state index contributed by atoms with van der Waals surface area (Å²) in [5, 5.41) is 12.4. The van der Waals surface area contributed by atoms with Gasteiger partial charge in [0.1, 0.15) is 18.1 Å². The molecule has 6 N–H and O–H groups in total. The molecule has 33 heavy (non-hydrogen) atoms. The number of halogens is 3. The van der Waals surface area contributed by atoms with Crippen molar-refractivity contribution in [3.8, 4) is 11.5 Å². The normalized spacial score (nSPS) is 14.9. The van der Waals surface area contributed by atoms with Gasteiger partial charge in [-0.2, -0.15) is 0 Å². The van der Waals surface area contributed by atoms with Gasteiger partial charge in [0.25, 0.3) is 5.91 Å². The predicted molar refractivity (Wildman–Crippen MR) is 110 cm³/mol. The van der Waals surface area contributed by atoms with Crippen molar-refractivity contribution in [2.24, 2.45) is 11.5 Å². The highest BCUT2D eigenvalue weighted by molar-refractivity contribution is 6.61. The molecule has 0 aliphatic carbocycles. The van der Waals surface area contributed by atoms with Crippen LogP contribution in [0.4, 0.5) is 13.2 Å². The van der Waals surface area contributed by atoms with Crippen LogP contribution in [0.15, 0.2) is 36.4 Å². The molecule has 2 aromatic rings. The quantitative estimate of drug-likeness (QED) is 0.409. The molecule has 9 nitrogen and oxygen atoms in total. The molecule has 0 bridgehead atoms. The fourth-order valence-corrected chi connectivity index (χ4v) is 3.17. The van der Waals surface area contributed by atoms with E-state index < -0.39 is 36.6 Å². The molecular formula is C20H21BF3N3O6. The van der Waals surface area contributed by atoms with Crippen molar-refractivity contribution >= 4 is 24.4 Å². The van der Waals surface area contributed by atoms with Crippen LogP contribution in [-0.2, 0) is 22.6 Å². The standard InChI is InChI=1S/C20H21BF3N3O6/c1-19(18(26)29,27-17(28)11-2-4-13(5-3-11)33-20(22,23)24)10-31-14-6-12(8-25)15-9-32-21(30)16(15)7-14/h2-7,30H,8-10,25H2,1H3,(H2,26,29)(H,27,28). The largest absolute Gasteiger partial charge is 0.573 e. The minimum atomic E-state index is -4.87. The third-order valence-electron chi connectivity index (χ3n) is 5.03. The van der Waals surface area contributed by atoms with Gasteiger partial charge in [-0.05, 0) is 59.9 Å². The van der Waals surface area contributed by atoms with E-state index in [-0.39, 0.29) is 31.1 Å². The number of hydrogen-bond donors (Lipinski definition) is 4. The maximum atomic E-state index is 12.6. The first kappa shape index (κ1) is 24.4. The molecule has 1 unspecified atom stereocenters. The first-order valence-electron chi connectivity index (χ1n) is 9.68. The number of carbonyl (C=O) groups is 2. The smallest absolute Gasteiger partial charge is 0.491 e. The van der Waals surface area contributed by atoms with Crippen LogP contribution in [0, 0.1) is 0 Å². The van der Waals surface area contributed by atoms with Crippen LogP contribution >= 0.6 is 0 Å². The summed E-state index contributed by atoms with van der Waals surface area (Å²) in [6, 6.07) is 7.30. The second-order valence-electron chi connectivity index (χ2n) is 7.53. The van der Waals surface area contributed by atoms with E-state index in [1.807, 2.05) is 0 Å². The van der Waals surface area contributed by atoms with Crippen LogP contribution in [0.25, 0.3) is 0 Å². The van der Waals surface area contributed by atoms with Gasteiger partial charge in [-0.1, -0.05) is 0 Å². The van der Waals surface area contributed by atoms with E-state index in [4.69, 9.17) is 20.9 Å². The molecule has 0 fully saturated rings. The number of benzene rings is 2. The average molecular weight is 467 g/mol. The van der Waals surface area contributed by atoms with Gasteiger partial charge < -0.3 is 35.9 Å². The third kappa shape index (κ3) is 5.75. The summed E-state index contributed by atoms with van der Waals surface area (Å²) in [4.78, 5) is 24.7. The lowest BCUT2D eigenvalue weighted by atomic mass is 9.78. The fraction of sp³-hybridized carbons (Fsp3) is 0.300. The van der Waals surface area contributed by atoms with Crippen LogP contribution < -0.4 is 31.7 Å². The summed E-state index contributed by atoms with van der Waals surface area (Å²) in [5.41, 5.74) is 11.4. The highest BCUT2D eigenvalue weighted by atomic mass is 19.4. The zero-order valence-corrected chi connectivity index (χ0v) is 17.4. The monoisotopic (exact) mass is 467 g/mol. The van der Waals surface area contributed by atoms with Gasteiger partial charge in [0, 0.05) is 12.1 Å². The second-order valence-corrected chi connectivity index (χ2v) is 7.53. The van der Waals surface area contributed by atoms with E-state index in [1.54, 1.807) is 6.07 Å². The molecule has 2 aromatic carbocycles. The summed E-state index contributed by atoms with van der Waals surface area (Å²) in [6.45, 7) is 1.32. The number of fused-ring (bicyclic) bond motifs is 1. The van der Waals surface area contributed by atoms with Gasteiger partial charge in [-0.15, -0.1) is 13.2 Å². The van der Waals surface area contributed by atoms with E-state index in [0.29, 0.717) is 11.0 Å². The van der Waals surface area contributed by atoms with Crippen molar-refractivity contribution in [1.29, 1.82) is 0 Å². The van der Waals surface area contributed by atoms with Gasteiger partial charge in [0.05, 0.1) is 6.61 Å². The van der Waals surface area contributed by atoms with Gasteiger partial charge in [0.2, 0.25) is 5.91 Å². The van der Waals surface area contributed by atoms with Crippen molar-refractivity contribution in [3.05, 3.63) is 53.1 Å². The Kier molecular flexibility index (Phi) is 6.86. The maximum absolute atomic E-state index is 12.6. The number of nitrogens with two attached hydrogens (primary N) is 2. The molecule has 1 atom stereocenters. The molecule has 3 rings (SSSR count). The Morgan fingerprint density at radius 3 is 2.45 bits per heavy atom. The van der Waals surface area contributed by atoms with E-state index >= 15 is 0 Å². The number of amides is 2. The molecule has 1 aliphatic heterocycles. The van der Waals surface area contributed by atoms with Crippen LogP contribution in [0.2, 0.25) is 0 Å². The topological polar surface area (TPSA) is 146 Å². The lowest BCUT2D eigenvalue weighted by molar-refractivity contribution is -0.274. The highest BCUT2D eigenvalue weighted by Gasteiger charge is 2.36. The average Bonchev–Trinajstić information content (AvgIpc) is 3.11. The summed E-state index contributed by atoms with van der Waals surface area (Å²) >= 11 is 0. The Labute approximate surface area is 186 Å². The van der Waals surface area contributed by atoms with Gasteiger partial charge >= 0.3 is 13.5 Å². The number of rotatable bonds is 8. The Morgan fingerprint density at radius 1 is 1.21 bits per heavy atom. The van der Waals surface area contributed by atoms with E-state index in [1.165, 1.54) is 13.0 Å². The van der Waals surface area contributed by atoms with Crippen molar-refractivity contribution in [2.45, 2.75) is 32.0 Å². The molecule has 176 valence electrons. The molecule has 0 saturated carbocycles. The predicted octanol–water partition coefficient (Wildman–Crippen LogP) is 0.314. The highest BCUT2D eigenvalue weighted by Crippen LogP contribution is 2.24. The molecule has 0 saturated heterocycles. The van der Waals surface area contributed by atoms with Gasteiger partial charge in [-0.25, -0.2) is 0 Å². The molecule has 1 aliphatic rings. The summed E-state index contributed by atoms with van der Waals surface area (Å²) < 4.78 is 51.5. The lowest BCUT2D eigenvalue weighted by Gasteiger charge is -2.27. The van der Waals surface area contributed by atoms with Crippen molar-refractivity contribution in [2.75, 3.05) is 6.61 Å². The molecule has 13 heteroatoms. The first-order chi connectivity index (χ1) is 15.4. The molecule has 0 aromatic heterocycles. The zero-order chi connectivity index (χ0) is 24.4. The van der Waals surface area contributed by atoms with E-state index in [9.17, 15) is 27.8 Å². The summed E-state index contributed by atoms with van der Waals surface area (Å²) in [5.74, 6) is -1.90. The van der Waals surface area contributed by atoms with Crippen LogP contribution in [-0.4, -0.2) is 42.5 Å². The van der Waals surface area contributed by atoms with E-state index in [2.05, 4.69) is 10.1 Å². The van der Waals surface area contributed by atoms with Crippen LogP contribution in [0.1, 0.15) is 28.4 Å².